The van der Waals surface area contributed by atoms with Crippen LogP contribution >= 0.6 is 0 Å². The second-order valence-corrected chi connectivity index (χ2v) is 5.37. The highest BCUT2D eigenvalue weighted by atomic mass is 15.0. The first-order valence-corrected chi connectivity index (χ1v) is 7.31. The summed E-state index contributed by atoms with van der Waals surface area (Å²) in [5, 5.41) is 3.72. The largest absolute Gasteiger partial charge is 0.351 e. The van der Waals surface area contributed by atoms with E-state index in [-0.39, 0.29) is 0 Å². The van der Waals surface area contributed by atoms with Crippen molar-refractivity contribution in [2.45, 2.75) is 45.3 Å². The van der Waals surface area contributed by atoms with Crippen molar-refractivity contribution in [3.63, 3.8) is 0 Å². The van der Waals surface area contributed by atoms with E-state index >= 15 is 0 Å². The van der Waals surface area contributed by atoms with E-state index in [9.17, 15) is 0 Å². The van der Waals surface area contributed by atoms with E-state index in [0.29, 0.717) is 6.04 Å². The molecule has 3 rings (SSSR count). The van der Waals surface area contributed by atoms with Gasteiger partial charge in [-0.3, -0.25) is 0 Å². The lowest BCUT2D eigenvalue weighted by Gasteiger charge is -2.25. The van der Waals surface area contributed by atoms with Gasteiger partial charge in [0.15, 0.2) is 0 Å². The number of aromatic nitrogens is 1. The zero-order valence-electron chi connectivity index (χ0n) is 11.6. The third kappa shape index (κ3) is 2.74. The van der Waals surface area contributed by atoms with Crippen LogP contribution in [0, 0.1) is 0 Å². The molecule has 1 N–H and O–H groups in total. The van der Waals surface area contributed by atoms with Gasteiger partial charge in [-0.1, -0.05) is 24.3 Å². The molecule has 0 aliphatic heterocycles. The molecule has 0 amide bonds. The Morgan fingerprint density at radius 2 is 2.00 bits per heavy atom. The van der Waals surface area contributed by atoms with Crippen LogP contribution in [0.1, 0.15) is 30.2 Å². The van der Waals surface area contributed by atoms with Gasteiger partial charge in [-0.2, -0.15) is 0 Å². The quantitative estimate of drug-likeness (QED) is 0.887. The average molecular weight is 254 g/mol. The van der Waals surface area contributed by atoms with Gasteiger partial charge in [0.25, 0.3) is 0 Å². The number of nitrogens with zero attached hydrogens (tertiary/aromatic N) is 1. The zero-order valence-corrected chi connectivity index (χ0v) is 11.6. The van der Waals surface area contributed by atoms with Gasteiger partial charge in [0.2, 0.25) is 0 Å². The molecule has 1 aromatic heterocycles. The summed E-state index contributed by atoms with van der Waals surface area (Å²) >= 11 is 0. The van der Waals surface area contributed by atoms with E-state index in [1.54, 1.807) is 0 Å². The third-order valence-electron chi connectivity index (χ3n) is 4.18. The van der Waals surface area contributed by atoms with Crippen LogP contribution in [0.15, 0.2) is 42.6 Å². The number of fused-ring (bicyclic) bond motifs is 1. The standard InChI is InChI=1S/C17H22N2/c1-2-19-11-5-8-17(19)13-18-16-10-9-14-6-3-4-7-15(14)12-16/h3-8,11,16,18H,2,9-10,12-13H2,1H3. The Balaban J connectivity index is 1.61. The van der Waals surface area contributed by atoms with Crippen LogP contribution in [-0.2, 0) is 25.9 Å². The van der Waals surface area contributed by atoms with Crippen LogP contribution < -0.4 is 5.32 Å². The fourth-order valence-electron chi connectivity index (χ4n) is 3.04. The van der Waals surface area contributed by atoms with E-state index in [0.717, 1.165) is 13.1 Å². The Morgan fingerprint density at radius 1 is 1.16 bits per heavy atom. The Morgan fingerprint density at radius 3 is 2.84 bits per heavy atom. The molecular weight excluding hydrogens is 232 g/mol. The first kappa shape index (κ1) is 12.5. The maximum Gasteiger partial charge on any atom is 0.0361 e. The van der Waals surface area contributed by atoms with Gasteiger partial charge in [-0.05, 0) is 49.4 Å². The highest BCUT2D eigenvalue weighted by molar-refractivity contribution is 5.30. The van der Waals surface area contributed by atoms with E-state index < -0.39 is 0 Å². The number of hydrogen-bond donors (Lipinski definition) is 1. The predicted octanol–water partition coefficient (Wildman–Crippen LogP) is 3.16. The van der Waals surface area contributed by atoms with Gasteiger partial charge in [0.1, 0.15) is 0 Å². The molecule has 0 spiro atoms. The number of benzene rings is 1. The van der Waals surface area contributed by atoms with Gasteiger partial charge in [-0.15, -0.1) is 0 Å². The van der Waals surface area contributed by atoms with Crippen LogP contribution in [-0.4, -0.2) is 10.6 Å². The Kier molecular flexibility index (Phi) is 3.69. The third-order valence-corrected chi connectivity index (χ3v) is 4.18. The number of rotatable bonds is 4. The second-order valence-electron chi connectivity index (χ2n) is 5.37. The summed E-state index contributed by atoms with van der Waals surface area (Å²) in [5.74, 6) is 0. The monoisotopic (exact) mass is 254 g/mol. The lowest BCUT2D eigenvalue weighted by atomic mass is 9.88. The van der Waals surface area contributed by atoms with Crippen LogP contribution in [0.3, 0.4) is 0 Å². The Bertz CT molecular complexity index is 542. The summed E-state index contributed by atoms with van der Waals surface area (Å²) in [6.45, 7) is 4.23. The summed E-state index contributed by atoms with van der Waals surface area (Å²) in [5.41, 5.74) is 4.45. The van der Waals surface area contributed by atoms with E-state index in [2.05, 4.69) is 59.4 Å². The summed E-state index contributed by atoms with van der Waals surface area (Å²) in [7, 11) is 0. The van der Waals surface area contributed by atoms with Crippen molar-refractivity contribution in [1.82, 2.24) is 9.88 Å². The maximum atomic E-state index is 3.72. The first-order valence-electron chi connectivity index (χ1n) is 7.31. The molecule has 1 aliphatic rings. The molecule has 100 valence electrons. The lowest BCUT2D eigenvalue weighted by molar-refractivity contribution is 0.449. The number of aryl methyl sites for hydroxylation is 2. The molecule has 2 nitrogen and oxygen atoms in total. The molecule has 1 heterocycles. The summed E-state index contributed by atoms with van der Waals surface area (Å²) < 4.78 is 2.31. The molecule has 19 heavy (non-hydrogen) atoms. The van der Waals surface area contributed by atoms with Crippen molar-refractivity contribution in [3.8, 4) is 0 Å². The topological polar surface area (TPSA) is 17.0 Å². The minimum Gasteiger partial charge on any atom is -0.351 e. The molecule has 1 aliphatic carbocycles. The molecule has 0 bridgehead atoms. The molecular formula is C17H22N2. The normalized spacial score (nSPS) is 18.3. The zero-order chi connectivity index (χ0) is 13.1. The molecule has 2 aromatic rings. The van der Waals surface area contributed by atoms with Crippen LogP contribution in [0.25, 0.3) is 0 Å². The van der Waals surface area contributed by atoms with Crippen molar-refractivity contribution in [2.24, 2.45) is 0 Å². The summed E-state index contributed by atoms with van der Waals surface area (Å²) in [6.07, 6.45) is 5.79. The Labute approximate surface area is 115 Å². The molecule has 1 aromatic carbocycles. The molecule has 0 saturated heterocycles. The van der Waals surface area contributed by atoms with Crippen molar-refractivity contribution >= 4 is 0 Å². The van der Waals surface area contributed by atoms with Crippen LogP contribution in [0.4, 0.5) is 0 Å². The lowest BCUT2D eigenvalue weighted by Crippen LogP contribution is -2.34. The van der Waals surface area contributed by atoms with Crippen molar-refractivity contribution in [2.75, 3.05) is 0 Å². The molecule has 1 unspecified atom stereocenters. The molecule has 0 radical (unpaired) electrons. The first-order chi connectivity index (χ1) is 9.36. The second kappa shape index (κ2) is 5.62. The minimum atomic E-state index is 0.620. The fourth-order valence-corrected chi connectivity index (χ4v) is 3.04. The van der Waals surface area contributed by atoms with Gasteiger partial charge >= 0.3 is 0 Å². The molecule has 0 saturated carbocycles. The molecule has 1 atom stereocenters. The van der Waals surface area contributed by atoms with E-state index in [1.807, 2.05) is 0 Å². The SMILES string of the molecule is CCn1cccc1CNC1CCc2ccccc2C1. The van der Waals surface area contributed by atoms with Crippen molar-refractivity contribution < 1.29 is 0 Å². The molecule has 0 fully saturated rings. The Hall–Kier alpha value is -1.54. The molecule has 2 heteroatoms. The summed E-state index contributed by atoms with van der Waals surface area (Å²) in [6, 6.07) is 13.8. The predicted molar refractivity (Wildman–Crippen MR) is 79.2 cm³/mol. The average Bonchev–Trinajstić information content (AvgIpc) is 2.92. The van der Waals surface area contributed by atoms with Gasteiger partial charge in [0.05, 0.1) is 0 Å². The van der Waals surface area contributed by atoms with E-state index in [4.69, 9.17) is 0 Å². The highest BCUT2D eigenvalue weighted by Gasteiger charge is 2.17. The van der Waals surface area contributed by atoms with Gasteiger partial charge < -0.3 is 9.88 Å². The minimum absolute atomic E-state index is 0.620. The number of hydrogen-bond acceptors (Lipinski definition) is 1. The van der Waals surface area contributed by atoms with Crippen molar-refractivity contribution in [1.29, 1.82) is 0 Å². The number of nitrogens with one attached hydrogen (secondary N) is 1. The van der Waals surface area contributed by atoms with Gasteiger partial charge in [-0.25, -0.2) is 0 Å². The smallest absolute Gasteiger partial charge is 0.0361 e. The van der Waals surface area contributed by atoms with Crippen molar-refractivity contribution in [3.05, 3.63) is 59.4 Å². The fraction of sp³-hybridized carbons (Fsp3) is 0.412. The van der Waals surface area contributed by atoms with Gasteiger partial charge in [0, 0.05) is 31.0 Å². The van der Waals surface area contributed by atoms with Crippen LogP contribution in [0.5, 0.6) is 0 Å². The van der Waals surface area contributed by atoms with Crippen LogP contribution in [0.2, 0.25) is 0 Å². The highest BCUT2D eigenvalue weighted by Crippen LogP contribution is 2.21. The van der Waals surface area contributed by atoms with E-state index in [1.165, 1.54) is 36.1 Å². The summed E-state index contributed by atoms with van der Waals surface area (Å²) in [4.78, 5) is 0. The maximum absolute atomic E-state index is 3.72.